The minimum atomic E-state index is 0.605. The summed E-state index contributed by atoms with van der Waals surface area (Å²) in [5, 5.41) is 4.51. The van der Waals surface area contributed by atoms with E-state index >= 15 is 0 Å². The molecule has 1 nitrogen and oxygen atoms in total. The number of nitrogens with one attached hydrogen (secondary N) is 1. The van der Waals surface area contributed by atoms with Crippen molar-refractivity contribution in [3.8, 4) is 0 Å². The first kappa shape index (κ1) is 12.8. The van der Waals surface area contributed by atoms with Crippen LogP contribution in [0.15, 0.2) is 18.2 Å². The molecule has 94 valence electrons. The molecule has 2 heteroatoms. The third kappa shape index (κ3) is 3.64. The maximum atomic E-state index is 6.26. The van der Waals surface area contributed by atoms with Gasteiger partial charge < -0.3 is 5.32 Å². The largest absolute Gasteiger partial charge is 0.381 e. The van der Waals surface area contributed by atoms with Gasteiger partial charge in [-0.1, -0.05) is 55.8 Å². The molecular weight excluding hydrogens is 230 g/mol. The van der Waals surface area contributed by atoms with Crippen LogP contribution in [0.25, 0.3) is 0 Å². The Labute approximate surface area is 110 Å². The van der Waals surface area contributed by atoms with E-state index in [2.05, 4.69) is 18.3 Å². The van der Waals surface area contributed by atoms with Gasteiger partial charge in [-0.05, 0) is 31.4 Å². The van der Waals surface area contributed by atoms with Crippen molar-refractivity contribution in [3.63, 3.8) is 0 Å². The molecule has 0 atom stereocenters. The fourth-order valence-electron chi connectivity index (χ4n) is 2.62. The highest BCUT2D eigenvalue weighted by Gasteiger charge is 2.13. The summed E-state index contributed by atoms with van der Waals surface area (Å²) in [6, 6.07) is 6.71. The lowest BCUT2D eigenvalue weighted by atomic mass is 9.96. The molecule has 2 rings (SSSR count). The summed E-state index contributed by atoms with van der Waals surface area (Å²) in [5.41, 5.74) is 2.39. The van der Waals surface area contributed by atoms with Crippen LogP contribution in [0.4, 0.5) is 5.69 Å². The van der Waals surface area contributed by atoms with Crippen LogP contribution in [-0.4, -0.2) is 6.04 Å². The van der Waals surface area contributed by atoms with Gasteiger partial charge in [0.1, 0.15) is 0 Å². The Bertz CT molecular complexity index is 334. The first-order valence-corrected chi connectivity index (χ1v) is 7.17. The molecule has 0 unspecified atom stereocenters. The number of benzene rings is 1. The molecule has 0 saturated heterocycles. The Morgan fingerprint density at radius 1 is 1.06 bits per heavy atom. The molecular formula is C15H22ClN. The summed E-state index contributed by atoms with van der Waals surface area (Å²) in [7, 11) is 0. The molecule has 1 aliphatic rings. The van der Waals surface area contributed by atoms with Crippen LogP contribution in [0.2, 0.25) is 5.02 Å². The molecule has 1 aliphatic carbocycles. The zero-order chi connectivity index (χ0) is 12.1. The summed E-state index contributed by atoms with van der Waals surface area (Å²) in [6.07, 6.45) is 9.45. The number of hydrogen-bond acceptors (Lipinski definition) is 1. The Hall–Kier alpha value is -0.690. The molecule has 0 aromatic heterocycles. The Kier molecular flexibility index (Phi) is 4.73. The van der Waals surface area contributed by atoms with Crippen molar-refractivity contribution in [2.45, 2.75) is 57.9 Å². The number of anilines is 1. The van der Waals surface area contributed by atoms with Gasteiger partial charge in [0, 0.05) is 6.04 Å². The van der Waals surface area contributed by atoms with E-state index in [0.29, 0.717) is 6.04 Å². The van der Waals surface area contributed by atoms with Crippen molar-refractivity contribution >= 4 is 17.3 Å². The fourth-order valence-corrected chi connectivity index (χ4v) is 2.90. The SMILES string of the molecule is Cc1cccc(Cl)c1NC1CCCCCCC1. The molecule has 1 saturated carbocycles. The van der Waals surface area contributed by atoms with E-state index in [4.69, 9.17) is 11.6 Å². The topological polar surface area (TPSA) is 12.0 Å². The van der Waals surface area contributed by atoms with Crippen LogP contribution < -0.4 is 5.32 Å². The molecule has 0 amide bonds. The summed E-state index contributed by atoms with van der Waals surface area (Å²) in [4.78, 5) is 0. The number of para-hydroxylation sites is 1. The maximum absolute atomic E-state index is 6.26. The van der Waals surface area contributed by atoms with Crippen LogP contribution >= 0.6 is 11.6 Å². The van der Waals surface area contributed by atoms with Gasteiger partial charge in [-0.15, -0.1) is 0 Å². The van der Waals surface area contributed by atoms with Gasteiger partial charge in [-0.2, -0.15) is 0 Å². The van der Waals surface area contributed by atoms with Gasteiger partial charge in [0.25, 0.3) is 0 Å². The van der Waals surface area contributed by atoms with Crippen molar-refractivity contribution in [2.75, 3.05) is 5.32 Å². The summed E-state index contributed by atoms with van der Waals surface area (Å²) in [6.45, 7) is 2.12. The summed E-state index contributed by atoms with van der Waals surface area (Å²) >= 11 is 6.26. The predicted molar refractivity (Wildman–Crippen MR) is 75.9 cm³/mol. The molecule has 0 bridgehead atoms. The lowest BCUT2D eigenvalue weighted by molar-refractivity contribution is 0.471. The van der Waals surface area contributed by atoms with Crippen LogP contribution in [-0.2, 0) is 0 Å². The number of rotatable bonds is 2. The second kappa shape index (κ2) is 6.30. The molecule has 1 N–H and O–H groups in total. The average Bonchev–Trinajstić information content (AvgIpc) is 2.26. The second-order valence-corrected chi connectivity index (χ2v) is 5.53. The third-order valence-electron chi connectivity index (χ3n) is 3.68. The van der Waals surface area contributed by atoms with Gasteiger partial charge in [-0.3, -0.25) is 0 Å². The highest BCUT2D eigenvalue weighted by atomic mass is 35.5. The first-order valence-electron chi connectivity index (χ1n) is 6.79. The monoisotopic (exact) mass is 251 g/mol. The molecule has 1 aromatic rings. The zero-order valence-electron chi connectivity index (χ0n) is 10.6. The highest BCUT2D eigenvalue weighted by molar-refractivity contribution is 6.33. The van der Waals surface area contributed by atoms with Gasteiger partial charge in [0.2, 0.25) is 0 Å². The standard InChI is InChI=1S/C15H22ClN/c1-12-8-7-11-14(16)15(12)17-13-9-5-3-2-4-6-10-13/h7-8,11,13,17H,2-6,9-10H2,1H3. The van der Waals surface area contributed by atoms with Gasteiger partial charge >= 0.3 is 0 Å². The Morgan fingerprint density at radius 2 is 1.71 bits per heavy atom. The van der Waals surface area contributed by atoms with Crippen molar-refractivity contribution in [3.05, 3.63) is 28.8 Å². The van der Waals surface area contributed by atoms with Crippen LogP contribution in [0.1, 0.15) is 50.5 Å². The van der Waals surface area contributed by atoms with E-state index in [1.54, 1.807) is 0 Å². The van der Waals surface area contributed by atoms with E-state index in [1.165, 1.54) is 50.5 Å². The molecule has 0 radical (unpaired) electrons. The van der Waals surface area contributed by atoms with E-state index in [9.17, 15) is 0 Å². The first-order chi connectivity index (χ1) is 8.27. The number of aryl methyl sites for hydroxylation is 1. The molecule has 0 aliphatic heterocycles. The van der Waals surface area contributed by atoms with Gasteiger partial charge in [0.15, 0.2) is 0 Å². The van der Waals surface area contributed by atoms with Crippen LogP contribution in [0, 0.1) is 6.92 Å². The lowest BCUT2D eigenvalue weighted by Gasteiger charge is -2.23. The lowest BCUT2D eigenvalue weighted by Crippen LogP contribution is -2.21. The Morgan fingerprint density at radius 3 is 2.35 bits per heavy atom. The van der Waals surface area contributed by atoms with Crippen molar-refractivity contribution in [1.82, 2.24) is 0 Å². The normalized spacial score (nSPS) is 18.5. The quantitative estimate of drug-likeness (QED) is 0.764. The Balaban J connectivity index is 2.03. The van der Waals surface area contributed by atoms with E-state index in [0.717, 1.165) is 10.7 Å². The van der Waals surface area contributed by atoms with E-state index in [1.807, 2.05) is 12.1 Å². The molecule has 17 heavy (non-hydrogen) atoms. The summed E-state index contributed by atoms with van der Waals surface area (Å²) < 4.78 is 0. The van der Waals surface area contributed by atoms with Gasteiger partial charge in [-0.25, -0.2) is 0 Å². The van der Waals surface area contributed by atoms with Crippen molar-refractivity contribution < 1.29 is 0 Å². The minimum absolute atomic E-state index is 0.605. The minimum Gasteiger partial charge on any atom is -0.381 e. The average molecular weight is 252 g/mol. The smallest absolute Gasteiger partial charge is 0.0640 e. The number of hydrogen-bond donors (Lipinski definition) is 1. The molecule has 0 spiro atoms. The summed E-state index contributed by atoms with van der Waals surface area (Å²) in [5.74, 6) is 0. The number of halogens is 1. The van der Waals surface area contributed by atoms with Crippen LogP contribution in [0.5, 0.6) is 0 Å². The van der Waals surface area contributed by atoms with Crippen molar-refractivity contribution in [1.29, 1.82) is 0 Å². The predicted octanol–water partition coefficient (Wildman–Crippen LogP) is 5.17. The van der Waals surface area contributed by atoms with Crippen molar-refractivity contribution in [2.24, 2.45) is 0 Å². The van der Waals surface area contributed by atoms with E-state index < -0.39 is 0 Å². The molecule has 0 heterocycles. The fraction of sp³-hybridized carbons (Fsp3) is 0.600. The maximum Gasteiger partial charge on any atom is 0.0640 e. The van der Waals surface area contributed by atoms with Gasteiger partial charge in [0.05, 0.1) is 10.7 Å². The zero-order valence-corrected chi connectivity index (χ0v) is 11.4. The molecule has 1 aromatic carbocycles. The highest BCUT2D eigenvalue weighted by Crippen LogP contribution is 2.28. The third-order valence-corrected chi connectivity index (χ3v) is 3.99. The van der Waals surface area contributed by atoms with Crippen LogP contribution in [0.3, 0.4) is 0 Å². The molecule has 1 fully saturated rings. The second-order valence-electron chi connectivity index (χ2n) is 5.12. The van der Waals surface area contributed by atoms with E-state index in [-0.39, 0.29) is 0 Å².